The fourth-order valence-electron chi connectivity index (χ4n) is 2.16. The first kappa shape index (κ1) is 18.0. The van der Waals surface area contributed by atoms with E-state index in [4.69, 9.17) is 14.9 Å². The molecule has 0 fully saturated rings. The molecule has 0 heterocycles. The van der Waals surface area contributed by atoms with Crippen molar-refractivity contribution in [2.45, 2.75) is 45.4 Å². The molecule has 1 atom stereocenters. The van der Waals surface area contributed by atoms with Crippen molar-refractivity contribution in [1.82, 2.24) is 0 Å². The maximum absolute atomic E-state index is 11.0. The minimum absolute atomic E-state index is 0.320. The second kappa shape index (κ2) is 9.82. The second-order valence-electron chi connectivity index (χ2n) is 5.37. The fraction of sp³-hybridized carbons (Fsp3) is 0.529. The van der Waals surface area contributed by atoms with E-state index < -0.39 is 17.9 Å². The van der Waals surface area contributed by atoms with Crippen molar-refractivity contribution in [2.75, 3.05) is 6.61 Å². The number of carboxylic acid groups (broad SMARTS) is 2. The number of carbonyl (C=O) groups is 2. The van der Waals surface area contributed by atoms with E-state index in [1.807, 2.05) is 24.3 Å². The summed E-state index contributed by atoms with van der Waals surface area (Å²) < 4.78 is 5.58. The van der Waals surface area contributed by atoms with Crippen molar-refractivity contribution in [3.8, 4) is 5.75 Å². The Morgan fingerprint density at radius 2 is 1.82 bits per heavy atom. The molecule has 0 saturated carbocycles. The molecule has 0 aliphatic carbocycles. The molecule has 0 amide bonds. The summed E-state index contributed by atoms with van der Waals surface area (Å²) in [6.45, 7) is 2.83. The minimum Gasteiger partial charge on any atom is -0.494 e. The van der Waals surface area contributed by atoms with Crippen molar-refractivity contribution in [2.24, 2.45) is 5.92 Å². The average Bonchev–Trinajstić information content (AvgIpc) is 2.47. The van der Waals surface area contributed by atoms with Gasteiger partial charge in [-0.25, -0.2) is 0 Å². The topological polar surface area (TPSA) is 83.8 Å². The van der Waals surface area contributed by atoms with Crippen molar-refractivity contribution in [3.05, 3.63) is 29.8 Å². The molecule has 0 aliphatic heterocycles. The Bertz CT molecular complexity index is 466. The van der Waals surface area contributed by atoms with Crippen molar-refractivity contribution in [3.63, 3.8) is 0 Å². The minimum atomic E-state index is -1.07. The monoisotopic (exact) mass is 308 g/mol. The average molecular weight is 308 g/mol. The maximum Gasteiger partial charge on any atom is 0.307 e. The van der Waals surface area contributed by atoms with Crippen LogP contribution in [0.15, 0.2) is 24.3 Å². The summed E-state index contributed by atoms with van der Waals surface area (Å²) in [5.74, 6) is -2.08. The summed E-state index contributed by atoms with van der Waals surface area (Å²) >= 11 is 0. The lowest BCUT2D eigenvalue weighted by atomic mass is 9.97. The Hall–Kier alpha value is -2.04. The Labute approximate surface area is 130 Å². The standard InChI is InChI=1S/C17H24O5/c1-2-3-11-22-15-9-7-13(8-10-15)5-4-6-14(17(20)21)12-16(18)19/h7-10,14H,2-6,11-12H2,1H3,(H,18,19)(H,20,21)/t14-/m1/s1. The zero-order valence-corrected chi connectivity index (χ0v) is 13.0. The van der Waals surface area contributed by atoms with Gasteiger partial charge in [0.1, 0.15) is 5.75 Å². The number of aryl methyl sites for hydroxylation is 1. The molecule has 1 aromatic carbocycles. The fourth-order valence-corrected chi connectivity index (χ4v) is 2.16. The molecule has 2 N–H and O–H groups in total. The number of carboxylic acids is 2. The molecular formula is C17H24O5. The summed E-state index contributed by atoms with van der Waals surface area (Å²) in [7, 11) is 0. The summed E-state index contributed by atoms with van der Waals surface area (Å²) in [5.41, 5.74) is 1.10. The highest BCUT2D eigenvalue weighted by Crippen LogP contribution is 2.17. The van der Waals surface area contributed by atoms with Crippen molar-refractivity contribution < 1.29 is 24.5 Å². The van der Waals surface area contributed by atoms with Gasteiger partial charge >= 0.3 is 11.9 Å². The van der Waals surface area contributed by atoms with Crippen LogP contribution in [0.5, 0.6) is 5.75 Å². The molecule has 22 heavy (non-hydrogen) atoms. The van der Waals surface area contributed by atoms with Gasteiger partial charge in [-0.2, -0.15) is 0 Å². The Balaban J connectivity index is 2.37. The predicted octanol–water partition coefficient (Wildman–Crippen LogP) is 3.36. The van der Waals surface area contributed by atoms with Gasteiger partial charge < -0.3 is 14.9 Å². The molecule has 5 heteroatoms. The van der Waals surface area contributed by atoms with Crippen LogP contribution in [0.1, 0.15) is 44.6 Å². The highest BCUT2D eigenvalue weighted by molar-refractivity contribution is 5.77. The molecule has 1 aromatic rings. The number of ether oxygens (including phenoxy) is 1. The number of rotatable bonds is 11. The number of benzene rings is 1. The number of aliphatic carboxylic acids is 2. The molecule has 0 aliphatic rings. The SMILES string of the molecule is CCCCOc1ccc(CCC[C@H](CC(=O)O)C(=O)O)cc1. The van der Waals surface area contributed by atoms with E-state index in [1.54, 1.807) is 0 Å². The van der Waals surface area contributed by atoms with Crippen LogP contribution in [0.25, 0.3) is 0 Å². The van der Waals surface area contributed by atoms with Gasteiger partial charge in [-0.1, -0.05) is 25.5 Å². The van der Waals surface area contributed by atoms with E-state index >= 15 is 0 Å². The highest BCUT2D eigenvalue weighted by Gasteiger charge is 2.20. The van der Waals surface area contributed by atoms with Gasteiger partial charge in [0.05, 0.1) is 18.9 Å². The zero-order chi connectivity index (χ0) is 16.4. The van der Waals surface area contributed by atoms with Crippen molar-refractivity contribution in [1.29, 1.82) is 0 Å². The van der Waals surface area contributed by atoms with Crippen LogP contribution in [0, 0.1) is 5.92 Å². The zero-order valence-electron chi connectivity index (χ0n) is 13.0. The van der Waals surface area contributed by atoms with Crippen LogP contribution in [-0.4, -0.2) is 28.8 Å². The first-order valence-corrected chi connectivity index (χ1v) is 7.69. The quantitative estimate of drug-likeness (QED) is 0.612. The lowest BCUT2D eigenvalue weighted by Gasteiger charge is -2.10. The largest absolute Gasteiger partial charge is 0.494 e. The van der Waals surface area contributed by atoms with Crippen LogP contribution in [-0.2, 0) is 16.0 Å². The number of unbranched alkanes of at least 4 members (excludes halogenated alkanes) is 1. The Morgan fingerprint density at radius 3 is 2.36 bits per heavy atom. The molecule has 0 unspecified atom stereocenters. The molecule has 1 rings (SSSR count). The van der Waals surface area contributed by atoms with E-state index in [0.717, 1.165) is 30.6 Å². The molecule has 0 radical (unpaired) electrons. The molecule has 0 bridgehead atoms. The molecule has 0 saturated heterocycles. The smallest absolute Gasteiger partial charge is 0.307 e. The lowest BCUT2D eigenvalue weighted by molar-refractivity contribution is -0.148. The van der Waals surface area contributed by atoms with Gasteiger partial charge in [0.25, 0.3) is 0 Å². The van der Waals surface area contributed by atoms with Crippen LogP contribution >= 0.6 is 0 Å². The van der Waals surface area contributed by atoms with Crippen LogP contribution in [0.2, 0.25) is 0 Å². The van der Waals surface area contributed by atoms with Gasteiger partial charge in [0, 0.05) is 0 Å². The number of hydrogen-bond acceptors (Lipinski definition) is 3. The molecule has 0 spiro atoms. The molecule has 122 valence electrons. The summed E-state index contributed by atoms with van der Waals surface area (Å²) in [6, 6.07) is 7.76. The van der Waals surface area contributed by atoms with Gasteiger partial charge in [0.2, 0.25) is 0 Å². The Kier molecular flexibility index (Phi) is 8.04. The lowest BCUT2D eigenvalue weighted by Crippen LogP contribution is -2.17. The molecular weight excluding hydrogens is 284 g/mol. The third-order valence-electron chi connectivity index (χ3n) is 3.48. The van der Waals surface area contributed by atoms with Gasteiger partial charge in [-0.05, 0) is 43.4 Å². The van der Waals surface area contributed by atoms with E-state index in [0.29, 0.717) is 19.4 Å². The summed E-state index contributed by atoms with van der Waals surface area (Å²) in [5, 5.41) is 17.7. The first-order chi connectivity index (χ1) is 10.5. The third kappa shape index (κ3) is 7.11. The van der Waals surface area contributed by atoms with E-state index in [9.17, 15) is 9.59 Å². The maximum atomic E-state index is 11.0. The Morgan fingerprint density at radius 1 is 1.14 bits per heavy atom. The van der Waals surface area contributed by atoms with Crippen LogP contribution in [0.3, 0.4) is 0 Å². The number of hydrogen-bond donors (Lipinski definition) is 2. The molecule has 0 aromatic heterocycles. The highest BCUT2D eigenvalue weighted by atomic mass is 16.5. The van der Waals surface area contributed by atoms with E-state index in [2.05, 4.69) is 6.92 Å². The van der Waals surface area contributed by atoms with E-state index in [-0.39, 0.29) is 6.42 Å². The normalized spacial score (nSPS) is 11.9. The predicted molar refractivity (Wildman–Crippen MR) is 83.2 cm³/mol. The van der Waals surface area contributed by atoms with Gasteiger partial charge in [0.15, 0.2) is 0 Å². The van der Waals surface area contributed by atoms with Crippen LogP contribution < -0.4 is 4.74 Å². The van der Waals surface area contributed by atoms with Crippen molar-refractivity contribution >= 4 is 11.9 Å². The van der Waals surface area contributed by atoms with Gasteiger partial charge in [-0.3, -0.25) is 9.59 Å². The summed E-state index contributed by atoms with van der Waals surface area (Å²) in [6.07, 6.45) is 3.57. The third-order valence-corrected chi connectivity index (χ3v) is 3.48. The van der Waals surface area contributed by atoms with Crippen LogP contribution in [0.4, 0.5) is 0 Å². The van der Waals surface area contributed by atoms with E-state index in [1.165, 1.54) is 0 Å². The molecule has 5 nitrogen and oxygen atoms in total. The summed E-state index contributed by atoms with van der Waals surface area (Å²) in [4.78, 5) is 21.6. The first-order valence-electron chi connectivity index (χ1n) is 7.69. The second-order valence-corrected chi connectivity index (χ2v) is 5.37. The van der Waals surface area contributed by atoms with Gasteiger partial charge in [-0.15, -0.1) is 0 Å².